The molecule has 1 aliphatic carbocycles. The number of aryl methyl sites for hydroxylation is 1. The highest BCUT2D eigenvalue weighted by Crippen LogP contribution is 2.34. The molecule has 1 aliphatic rings. The minimum absolute atomic E-state index is 0.0696. The first kappa shape index (κ1) is 12.6. The zero-order chi connectivity index (χ0) is 12.5. The van der Waals surface area contributed by atoms with Gasteiger partial charge in [-0.05, 0) is 44.2 Å². The predicted octanol–water partition coefficient (Wildman–Crippen LogP) is 3.24. The number of rotatable bonds is 3. The van der Waals surface area contributed by atoms with Crippen molar-refractivity contribution in [3.05, 3.63) is 35.4 Å². The van der Waals surface area contributed by atoms with Crippen LogP contribution < -0.4 is 0 Å². The molecule has 2 heteroatoms. The maximum atomic E-state index is 10.4. The lowest BCUT2D eigenvalue weighted by Gasteiger charge is -2.36. The Bertz CT molecular complexity index is 384. The molecule has 0 saturated carbocycles. The summed E-state index contributed by atoms with van der Waals surface area (Å²) in [5, 5.41) is 10.4. The Labute approximate surface area is 104 Å². The van der Waals surface area contributed by atoms with E-state index in [0.717, 1.165) is 24.8 Å². The summed E-state index contributed by atoms with van der Waals surface area (Å²) in [6, 6.07) is 8.12. The van der Waals surface area contributed by atoms with Crippen LogP contribution in [0.25, 0.3) is 0 Å². The zero-order valence-corrected chi connectivity index (χ0v) is 10.9. The molecule has 0 heterocycles. The van der Waals surface area contributed by atoms with Crippen molar-refractivity contribution in [1.82, 2.24) is 0 Å². The topological polar surface area (TPSA) is 29.5 Å². The summed E-state index contributed by atoms with van der Waals surface area (Å²) in [5.74, 6) is 0. The van der Waals surface area contributed by atoms with Crippen LogP contribution in [-0.2, 0) is 11.2 Å². The molecule has 0 fully saturated rings. The molecule has 0 aromatic heterocycles. The maximum Gasteiger partial charge on any atom is 0.105 e. The first-order valence-electron chi connectivity index (χ1n) is 6.47. The van der Waals surface area contributed by atoms with Crippen molar-refractivity contribution in [2.45, 2.75) is 57.8 Å². The number of ether oxygens (including phenoxy) is 1. The molecule has 0 aliphatic heterocycles. The molecule has 2 unspecified atom stereocenters. The molecule has 0 radical (unpaired) electrons. The molecule has 2 rings (SSSR count). The summed E-state index contributed by atoms with van der Waals surface area (Å²) in [6.45, 7) is 6.28. The average Bonchev–Trinajstić information content (AvgIpc) is 2.33. The SMILES string of the molecule is CCC(C)(C)OC1CCc2ccccc2C1O. The van der Waals surface area contributed by atoms with E-state index in [1.807, 2.05) is 18.2 Å². The van der Waals surface area contributed by atoms with E-state index in [1.165, 1.54) is 5.56 Å². The van der Waals surface area contributed by atoms with Gasteiger partial charge in [-0.15, -0.1) is 0 Å². The highest BCUT2D eigenvalue weighted by Gasteiger charge is 2.32. The highest BCUT2D eigenvalue weighted by atomic mass is 16.5. The van der Waals surface area contributed by atoms with Gasteiger partial charge in [0.25, 0.3) is 0 Å². The fourth-order valence-electron chi connectivity index (χ4n) is 2.32. The van der Waals surface area contributed by atoms with Gasteiger partial charge in [-0.2, -0.15) is 0 Å². The molecule has 1 aromatic rings. The molecule has 17 heavy (non-hydrogen) atoms. The third-order valence-electron chi connectivity index (χ3n) is 3.75. The van der Waals surface area contributed by atoms with Gasteiger partial charge in [-0.25, -0.2) is 0 Å². The summed E-state index contributed by atoms with van der Waals surface area (Å²) in [6.07, 6.45) is 2.31. The van der Waals surface area contributed by atoms with E-state index in [2.05, 4.69) is 26.8 Å². The number of aliphatic hydroxyl groups excluding tert-OH is 1. The number of hydrogen-bond acceptors (Lipinski definition) is 2. The smallest absolute Gasteiger partial charge is 0.105 e. The lowest BCUT2D eigenvalue weighted by molar-refractivity contribution is -0.127. The summed E-state index contributed by atoms with van der Waals surface area (Å²) < 4.78 is 6.05. The van der Waals surface area contributed by atoms with E-state index in [9.17, 15) is 5.11 Å². The van der Waals surface area contributed by atoms with Crippen molar-refractivity contribution in [1.29, 1.82) is 0 Å². The van der Waals surface area contributed by atoms with Crippen molar-refractivity contribution in [2.75, 3.05) is 0 Å². The van der Waals surface area contributed by atoms with Crippen molar-refractivity contribution < 1.29 is 9.84 Å². The van der Waals surface area contributed by atoms with Gasteiger partial charge < -0.3 is 9.84 Å². The normalized spacial score (nSPS) is 24.5. The zero-order valence-electron chi connectivity index (χ0n) is 10.9. The Morgan fingerprint density at radius 1 is 1.35 bits per heavy atom. The Hall–Kier alpha value is -0.860. The van der Waals surface area contributed by atoms with E-state index in [1.54, 1.807) is 0 Å². The highest BCUT2D eigenvalue weighted by molar-refractivity contribution is 5.32. The van der Waals surface area contributed by atoms with Crippen LogP contribution in [0.4, 0.5) is 0 Å². The number of aliphatic hydroxyl groups is 1. The molecule has 94 valence electrons. The van der Waals surface area contributed by atoms with Crippen LogP contribution in [0.15, 0.2) is 24.3 Å². The largest absolute Gasteiger partial charge is 0.386 e. The van der Waals surface area contributed by atoms with E-state index in [0.29, 0.717) is 0 Å². The van der Waals surface area contributed by atoms with Gasteiger partial charge in [-0.3, -0.25) is 0 Å². The second-order valence-electron chi connectivity index (χ2n) is 5.45. The first-order chi connectivity index (χ1) is 8.03. The van der Waals surface area contributed by atoms with Crippen molar-refractivity contribution in [2.24, 2.45) is 0 Å². The van der Waals surface area contributed by atoms with Crippen LogP contribution in [0.1, 0.15) is 50.8 Å². The van der Waals surface area contributed by atoms with Crippen molar-refractivity contribution in [3.63, 3.8) is 0 Å². The molecule has 0 bridgehead atoms. The monoisotopic (exact) mass is 234 g/mol. The van der Waals surface area contributed by atoms with Gasteiger partial charge in [-0.1, -0.05) is 31.2 Å². The second kappa shape index (κ2) is 4.79. The van der Waals surface area contributed by atoms with Crippen molar-refractivity contribution >= 4 is 0 Å². The summed E-state index contributed by atoms with van der Waals surface area (Å²) in [4.78, 5) is 0. The van der Waals surface area contributed by atoms with Gasteiger partial charge in [0.05, 0.1) is 11.7 Å². The lowest BCUT2D eigenvalue weighted by Crippen LogP contribution is -2.36. The van der Waals surface area contributed by atoms with Crippen LogP contribution in [0.2, 0.25) is 0 Å². The standard InChI is InChI=1S/C15H22O2/c1-4-15(2,3)17-13-10-9-11-7-5-6-8-12(11)14(13)16/h5-8,13-14,16H,4,9-10H2,1-3H3. The van der Waals surface area contributed by atoms with Gasteiger partial charge in [0.1, 0.15) is 6.10 Å². The number of fused-ring (bicyclic) bond motifs is 1. The Kier molecular flexibility index (Phi) is 3.55. The Balaban J connectivity index is 2.15. The van der Waals surface area contributed by atoms with E-state index >= 15 is 0 Å². The number of benzene rings is 1. The van der Waals surface area contributed by atoms with Gasteiger partial charge in [0.2, 0.25) is 0 Å². The number of hydrogen-bond donors (Lipinski definition) is 1. The first-order valence-corrected chi connectivity index (χ1v) is 6.47. The third-order valence-corrected chi connectivity index (χ3v) is 3.75. The molecular formula is C15H22O2. The van der Waals surface area contributed by atoms with Gasteiger partial charge >= 0.3 is 0 Å². The van der Waals surface area contributed by atoms with Crippen molar-refractivity contribution in [3.8, 4) is 0 Å². The molecule has 0 spiro atoms. The Morgan fingerprint density at radius 3 is 2.76 bits per heavy atom. The molecule has 1 aromatic carbocycles. The summed E-state index contributed by atoms with van der Waals surface area (Å²) in [5.41, 5.74) is 2.14. The second-order valence-corrected chi connectivity index (χ2v) is 5.45. The van der Waals surface area contributed by atoms with Crippen LogP contribution in [0, 0.1) is 0 Å². The summed E-state index contributed by atoms with van der Waals surface area (Å²) >= 11 is 0. The molecule has 0 saturated heterocycles. The van der Waals surface area contributed by atoms with E-state index < -0.39 is 6.10 Å². The quantitative estimate of drug-likeness (QED) is 0.870. The minimum Gasteiger partial charge on any atom is -0.386 e. The summed E-state index contributed by atoms with van der Waals surface area (Å²) in [7, 11) is 0. The molecule has 0 amide bonds. The molecule has 2 atom stereocenters. The third kappa shape index (κ3) is 2.70. The fraction of sp³-hybridized carbons (Fsp3) is 0.600. The van der Waals surface area contributed by atoms with Gasteiger partial charge in [0.15, 0.2) is 0 Å². The van der Waals surface area contributed by atoms with Crippen LogP contribution in [0.3, 0.4) is 0 Å². The van der Waals surface area contributed by atoms with Crippen LogP contribution >= 0.6 is 0 Å². The predicted molar refractivity (Wildman–Crippen MR) is 69.0 cm³/mol. The lowest BCUT2D eigenvalue weighted by atomic mass is 9.87. The van der Waals surface area contributed by atoms with Gasteiger partial charge in [0, 0.05) is 0 Å². The van der Waals surface area contributed by atoms with Crippen LogP contribution in [0.5, 0.6) is 0 Å². The van der Waals surface area contributed by atoms with E-state index in [-0.39, 0.29) is 11.7 Å². The van der Waals surface area contributed by atoms with Crippen LogP contribution in [-0.4, -0.2) is 16.8 Å². The Morgan fingerprint density at radius 2 is 2.06 bits per heavy atom. The minimum atomic E-state index is -0.481. The molecular weight excluding hydrogens is 212 g/mol. The fourth-order valence-corrected chi connectivity index (χ4v) is 2.32. The van der Waals surface area contributed by atoms with E-state index in [4.69, 9.17) is 4.74 Å². The molecule has 2 nitrogen and oxygen atoms in total. The average molecular weight is 234 g/mol. The maximum absolute atomic E-state index is 10.4. The molecule has 1 N–H and O–H groups in total.